The zero-order valence-electron chi connectivity index (χ0n) is 18.5. The van der Waals surface area contributed by atoms with E-state index < -0.39 is 40.1 Å². The SMILES string of the molecule is NC(=O)COc1ccc2c(c1)S(=O)(=O)N=C(C1C(=O)c3sccc3N(NC3CCCCC3)C1=O)N2. The van der Waals surface area contributed by atoms with E-state index >= 15 is 0 Å². The molecule has 0 saturated heterocycles. The predicted octanol–water partition coefficient (Wildman–Crippen LogP) is 1.81. The number of amidine groups is 1. The molecule has 3 aliphatic rings. The lowest BCUT2D eigenvalue weighted by molar-refractivity contribution is -0.121. The number of ether oxygens (including phenoxy) is 1. The average molecular weight is 518 g/mol. The average Bonchev–Trinajstić information content (AvgIpc) is 3.31. The van der Waals surface area contributed by atoms with Crippen LogP contribution in [0, 0.1) is 5.92 Å². The molecule has 3 heterocycles. The van der Waals surface area contributed by atoms with Crippen molar-refractivity contribution >= 4 is 56.2 Å². The minimum atomic E-state index is -4.27. The third-order valence-corrected chi connectivity index (χ3v) is 8.37. The third kappa shape index (κ3) is 4.42. The standard InChI is InChI=1S/C22H23N5O6S2/c23-17(28)11-33-13-6-7-14-16(10-13)35(31,32)26-21(24-14)18-19(29)20-15(8-9-34-20)27(22(18)30)25-12-4-2-1-3-5-12/h6-10,12,18,25H,1-5,11H2,(H2,23,28)(H,24,26). The number of carbonyl (C=O) groups excluding carboxylic acids is 3. The van der Waals surface area contributed by atoms with Crippen LogP contribution in [-0.4, -0.2) is 44.5 Å². The molecule has 0 radical (unpaired) electrons. The van der Waals surface area contributed by atoms with E-state index in [2.05, 4.69) is 15.1 Å². The fourth-order valence-electron chi connectivity index (χ4n) is 4.47. The van der Waals surface area contributed by atoms with Crippen molar-refractivity contribution in [2.24, 2.45) is 16.0 Å². The molecule has 1 unspecified atom stereocenters. The number of nitrogens with one attached hydrogen (secondary N) is 2. The van der Waals surface area contributed by atoms with Gasteiger partial charge in [-0.1, -0.05) is 19.3 Å². The van der Waals surface area contributed by atoms with E-state index in [-0.39, 0.29) is 28.2 Å². The lowest BCUT2D eigenvalue weighted by atomic mass is 9.94. The summed E-state index contributed by atoms with van der Waals surface area (Å²) in [5.74, 6) is -3.38. The van der Waals surface area contributed by atoms with Crippen molar-refractivity contribution in [3.05, 3.63) is 34.5 Å². The molecule has 1 atom stereocenters. The van der Waals surface area contributed by atoms with Crippen molar-refractivity contribution < 1.29 is 27.5 Å². The smallest absolute Gasteiger partial charge is 0.286 e. The van der Waals surface area contributed by atoms with E-state index in [0.29, 0.717) is 10.6 Å². The van der Waals surface area contributed by atoms with Crippen molar-refractivity contribution in [2.75, 3.05) is 16.9 Å². The van der Waals surface area contributed by atoms with Gasteiger partial charge in [-0.25, -0.2) is 10.4 Å². The number of Topliss-reactive ketones (excluding diaryl/α,β-unsaturated/α-hetero) is 1. The number of rotatable bonds is 6. The summed E-state index contributed by atoms with van der Waals surface area (Å²) in [6, 6.07) is 5.87. The van der Waals surface area contributed by atoms with Gasteiger partial charge in [-0.15, -0.1) is 15.7 Å². The maximum absolute atomic E-state index is 13.6. The predicted molar refractivity (Wildman–Crippen MR) is 129 cm³/mol. The molecule has 1 aromatic carbocycles. The minimum Gasteiger partial charge on any atom is -0.484 e. The fraction of sp³-hybridized carbons (Fsp3) is 0.364. The number of nitrogens with zero attached hydrogens (tertiary/aromatic N) is 2. The second-order valence-corrected chi connectivity index (χ2v) is 11.0. The number of sulfonamides is 1. The number of carbonyl (C=O) groups is 3. The highest BCUT2D eigenvalue weighted by Crippen LogP contribution is 2.38. The van der Waals surface area contributed by atoms with E-state index in [1.807, 2.05) is 0 Å². The van der Waals surface area contributed by atoms with Crippen LogP contribution in [-0.2, 0) is 19.6 Å². The molecular weight excluding hydrogens is 494 g/mol. The van der Waals surface area contributed by atoms with E-state index in [1.165, 1.54) is 34.5 Å². The molecule has 2 aliphatic heterocycles. The van der Waals surface area contributed by atoms with Gasteiger partial charge in [0, 0.05) is 12.1 Å². The molecule has 2 amide bonds. The Hall–Kier alpha value is -3.29. The summed E-state index contributed by atoms with van der Waals surface area (Å²) in [6.45, 7) is -0.418. The number of ketones is 1. The molecular formula is C22H23N5O6S2. The molecule has 35 heavy (non-hydrogen) atoms. The number of nitrogens with two attached hydrogens (primary N) is 1. The van der Waals surface area contributed by atoms with Gasteiger partial charge < -0.3 is 15.8 Å². The van der Waals surface area contributed by atoms with Crippen LogP contribution in [0.2, 0.25) is 0 Å². The fourth-order valence-corrected chi connectivity index (χ4v) is 6.49. The molecule has 1 saturated carbocycles. The molecule has 2 aromatic rings. The largest absolute Gasteiger partial charge is 0.484 e. The lowest BCUT2D eigenvalue weighted by Gasteiger charge is -2.36. The Labute approximate surface area is 205 Å². The number of hydrogen-bond donors (Lipinski definition) is 3. The summed E-state index contributed by atoms with van der Waals surface area (Å²) in [7, 11) is -4.27. The van der Waals surface area contributed by atoms with Gasteiger partial charge in [0.05, 0.1) is 16.3 Å². The van der Waals surface area contributed by atoms with Crippen LogP contribution < -0.4 is 26.2 Å². The van der Waals surface area contributed by atoms with E-state index in [4.69, 9.17) is 10.5 Å². The molecule has 184 valence electrons. The topological polar surface area (TPSA) is 160 Å². The number of anilines is 2. The Balaban J connectivity index is 1.47. The van der Waals surface area contributed by atoms with E-state index in [0.717, 1.165) is 32.1 Å². The van der Waals surface area contributed by atoms with E-state index in [1.54, 1.807) is 11.4 Å². The first-order valence-electron chi connectivity index (χ1n) is 11.1. The number of hydrazine groups is 1. The number of hydrogen-bond acceptors (Lipinski definition) is 9. The maximum atomic E-state index is 13.6. The van der Waals surface area contributed by atoms with Gasteiger partial charge in [-0.3, -0.25) is 14.4 Å². The Morgan fingerprint density at radius 3 is 2.74 bits per heavy atom. The van der Waals surface area contributed by atoms with E-state index in [9.17, 15) is 22.8 Å². The molecule has 13 heteroatoms. The first-order chi connectivity index (χ1) is 16.7. The highest BCUT2D eigenvalue weighted by Gasteiger charge is 2.46. The molecule has 1 fully saturated rings. The van der Waals surface area contributed by atoms with Gasteiger partial charge in [0.1, 0.15) is 16.5 Å². The lowest BCUT2D eigenvalue weighted by Crippen LogP contribution is -2.57. The van der Waals surface area contributed by atoms with Gasteiger partial charge in [-0.2, -0.15) is 8.42 Å². The van der Waals surface area contributed by atoms with Gasteiger partial charge in [0.25, 0.3) is 21.8 Å². The Morgan fingerprint density at radius 1 is 1.23 bits per heavy atom. The van der Waals surface area contributed by atoms with Gasteiger partial charge in [0.2, 0.25) is 0 Å². The van der Waals surface area contributed by atoms with Crippen LogP contribution in [0.5, 0.6) is 5.75 Å². The summed E-state index contributed by atoms with van der Waals surface area (Å²) in [5, 5.41) is 5.96. The van der Waals surface area contributed by atoms with Crippen molar-refractivity contribution in [1.82, 2.24) is 5.43 Å². The number of thiophene rings is 1. The highest BCUT2D eigenvalue weighted by atomic mass is 32.2. The number of primary amides is 1. The summed E-state index contributed by atoms with van der Waals surface area (Å²) < 4.78 is 35.0. The Bertz CT molecular complexity index is 1350. The van der Waals surface area contributed by atoms with Crippen molar-refractivity contribution in [2.45, 2.75) is 43.0 Å². The summed E-state index contributed by atoms with van der Waals surface area (Å²) in [6.07, 6.45) is 5.05. The molecule has 1 aliphatic carbocycles. The van der Waals surface area contributed by atoms with Gasteiger partial charge in [-0.05, 0) is 36.4 Å². The van der Waals surface area contributed by atoms with Gasteiger partial charge >= 0.3 is 0 Å². The maximum Gasteiger partial charge on any atom is 0.286 e. The Morgan fingerprint density at radius 2 is 2.00 bits per heavy atom. The van der Waals surface area contributed by atoms with Crippen LogP contribution >= 0.6 is 11.3 Å². The van der Waals surface area contributed by atoms with Crippen LogP contribution in [0.15, 0.2) is 38.9 Å². The number of fused-ring (bicyclic) bond motifs is 2. The molecule has 11 nitrogen and oxygen atoms in total. The number of benzene rings is 1. The quantitative estimate of drug-likeness (QED) is 0.489. The van der Waals surface area contributed by atoms with Gasteiger partial charge in [0.15, 0.2) is 18.3 Å². The molecule has 4 N–H and O–H groups in total. The zero-order valence-corrected chi connectivity index (χ0v) is 20.2. The van der Waals surface area contributed by atoms with Crippen molar-refractivity contribution in [3.8, 4) is 5.75 Å². The molecule has 0 bridgehead atoms. The highest BCUT2D eigenvalue weighted by molar-refractivity contribution is 7.90. The van der Waals surface area contributed by atoms with Crippen LogP contribution in [0.1, 0.15) is 41.8 Å². The first kappa shape index (κ1) is 23.5. The van der Waals surface area contributed by atoms with Crippen molar-refractivity contribution in [3.63, 3.8) is 0 Å². The van der Waals surface area contributed by atoms with Crippen LogP contribution in [0.3, 0.4) is 0 Å². The first-order valence-corrected chi connectivity index (χ1v) is 13.5. The zero-order chi connectivity index (χ0) is 24.7. The molecule has 0 spiro atoms. The van der Waals surface area contributed by atoms with Crippen LogP contribution in [0.25, 0.3) is 0 Å². The minimum absolute atomic E-state index is 0.0823. The van der Waals surface area contributed by atoms with Crippen molar-refractivity contribution in [1.29, 1.82) is 0 Å². The summed E-state index contributed by atoms with van der Waals surface area (Å²) in [5.41, 5.74) is 8.95. The second-order valence-electron chi connectivity index (χ2n) is 8.56. The Kier molecular flexibility index (Phi) is 6.07. The summed E-state index contributed by atoms with van der Waals surface area (Å²) in [4.78, 5) is 38.0. The molecule has 1 aromatic heterocycles. The third-order valence-electron chi connectivity index (χ3n) is 6.12. The number of amides is 2. The molecule has 5 rings (SSSR count). The van der Waals surface area contributed by atoms with Crippen LogP contribution in [0.4, 0.5) is 11.4 Å². The normalized spacial score (nSPS) is 21.5. The second kappa shape index (κ2) is 9.06. The monoisotopic (exact) mass is 517 g/mol. The summed E-state index contributed by atoms with van der Waals surface area (Å²) >= 11 is 1.19.